The molecule has 0 bridgehead atoms. The highest BCUT2D eigenvalue weighted by molar-refractivity contribution is 6.16. The number of hydrogen-bond acceptors (Lipinski definition) is 14. The van der Waals surface area contributed by atoms with Crippen molar-refractivity contribution >= 4 is 36.0 Å². The molecule has 0 unspecified atom stereocenters. The van der Waals surface area contributed by atoms with Crippen LogP contribution in [0.1, 0.15) is 36.8 Å². The minimum Gasteiger partial charge on any atom is -0.494 e. The number of ether oxygens (including phenoxy) is 4. The Balaban J connectivity index is 1.18. The van der Waals surface area contributed by atoms with E-state index >= 15 is 0 Å². The molecule has 0 aromatic carbocycles. The first-order chi connectivity index (χ1) is 24.5. The van der Waals surface area contributed by atoms with E-state index in [0.717, 1.165) is 30.4 Å². The van der Waals surface area contributed by atoms with Crippen molar-refractivity contribution in [3.05, 3.63) is 113 Å². The number of allylic oxidation sites excluding steroid dienone is 8. The number of hydrogen-bond donors (Lipinski definition) is 2. The second kappa shape index (κ2) is 13.9. The van der Waals surface area contributed by atoms with Crippen molar-refractivity contribution in [3.63, 3.8) is 0 Å². The Kier molecular flexibility index (Phi) is 9.76. The predicted octanol–water partition coefficient (Wildman–Crippen LogP) is -0.249. The molecule has 1 saturated carbocycles. The third kappa shape index (κ3) is 6.72. The number of aromatic hydroxyl groups is 2. The van der Waals surface area contributed by atoms with E-state index in [-0.39, 0.29) is 36.8 Å². The van der Waals surface area contributed by atoms with Gasteiger partial charge in [0.2, 0.25) is 11.8 Å². The largest absolute Gasteiger partial charge is 0.494 e. The second-order valence-electron chi connectivity index (χ2n) is 11.9. The van der Waals surface area contributed by atoms with Crippen LogP contribution in [0.4, 0.5) is 0 Å². The molecule has 2 spiro atoms. The molecule has 2 aromatic rings. The molecule has 3 fully saturated rings. The lowest BCUT2D eigenvalue weighted by atomic mass is 9.87. The van der Waals surface area contributed by atoms with E-state index in [4.69, 9.17) is 18.9 Å². The average molecular weight is 721 g/mol. The summed E-state index contributed by atoms with van der Waals surface area (Å²) in [6.45, 7) is 0. The van der Waals surface area contributed by atoms with Gasteiger partial charge < -0.3 is 29.2 Å². The normalized spacial score (nSPS) is 22.2. The number of nitrogens with zero attached hydrogens (tertiary/aromatic N) is 4. The number of aromatic nitrogens is 4. The first-order valence-corrected chi connectivity index (χ1v) is 15.5. The van der Waals surface area contributed by atoms with Crippen molar-refractivity contribution in [2.45, 2.75) is 37.3 Å². The van der Waals surface area contributed by atoms with Gasteiger partial charge in [-0.1, -0.05) is 36.5 Å². The van der Waals surface area contributed by atoms with Gasteiger partial charge in [0.05, 0.1) is 0 Å². The topological polar surface area (TPSA) is 234 Å². The molecule has 2 aliphatic heterocycles. The lowest BCUT2D eigenvalue weighted by Crippen LogP contribution is -2.56. The molecule has 5 rings (SSSR count). The van der Waals surface area contributed by atoms with Crippen LogP contribution >= 0.6 is 0 Å². The van der Waals surface area contributed by atoms with Crippen molar-refractivity contribution in [3.8, 4) is 11.8 Å². The predicted molar refractivity (Wildman–Crippen MR) is 178 cm³/mol. The number of carbonyl (C=O) groups excluding carboxylic acids is 4. The summed E-state index contributed by atoms with van der Waals surface area (Å²) >= 11 is 0. The van der Waals surface area contributed by atoms with E-state index in [1.165, 1.54) is 76.8 Å². The third-order valence-electron chi connectivity index (χ3n) is 8.60. The highest BCUT2D eigenvalue weighted by Gasteiger charge is 2.56. The Labute approximate surface area is 292 Å². The third-order valence-corrected chi connectivity index (χ3v) is 8.60. The highest BCUT2D eigenvalue weighted by atomic mass is 16.8. The van der Waals surface area contributed by atoms with Crippen molar-refractivity contribution in [2.75, 3.05) is 0 Å². The van der Waals surface area contributed by atoms with Crippen LogP contribution in [-0.4, -0.2) is 63.9 Å². The van der Waals surface area contributed by atoms with Crippen LogP contribution in [0.15, 0.2) is 78.9 Å². The fourth-order valence-electron chi connectivity index (χ4n) is 5.54. The summed E-state index contributed by atoms with van der Waals surface area (Å²) in [5, 5.41) is 20.3. The van der Waals surface area contributed by atoms with Gasteiger partial charge in [-0.05, 0) is 24.3 Å². The molecule has 2 aromatic heterocycles. The Morgan fingerprint density at radius 1 is 0.481 bits per heavy atom. The molecule has 3 aliphatic rings. The molecule has 0 amide bonds. The van der Waals surface area contributed by atoms with Crippen LogP contribution in [0, 0.1) is 0 Å². The van der Waals surface area contributed by atoms with Crippen LogP contribution < -0.4 is 22.5 Å². The maximum absolute atomic E-state index is 12.8. The molecule has 2 N–H and O–H groups in total. The molecule has 2 saturated heterocycles. The van der Waals surface area contributed by atoms with Crippen molar-refractivity contribution in [1.82, 2.24) is 18.3 Å². The van der Waals surface area contributed by atoms with Gasteiger partial charge in [-0.2, -0.15) is 0 Å². The van der Waals surface area contributed by atoms with E-state index in [2.05, 4.69) is 0 Å². The van der Waals surface area contributed by atoms with E-state index in [9.17, 15) is 48.6 Å². The summed E-state index contributed by atoms with van der Waals surface area (Å²) in [5.74, 6) is -8.40. The summed E-state index contributed by atoms with van der Waals surface area (Å²) < 4.78 is 25.3. The van der Waals surface area contributed by atoms with Crippen LogP contribution in [0.2, 0.25) is 0 Å². The van der Waals surface area contributed by atoms with E-state index < -0.39 is 80.9 Å². The summed E-state index contributed by atoms with van der Waals surface area (Å²) in [6.07, 6.45) is 12.1. The number of esters is 4. The van der Waals surface area contributed by atoms with Gasteiger partial charge in [0.15, 0.2) is 0 Å². The Hall–Kier alpha value is -6.72. The van der Waals surface area contributed by atoms with Crippen molar-refractivity contribution in [1.29, 1.82) is 0 Å². The maximum Gasteiger partial charge on any atom is 0.348 e. The zero-order chi connectivity index (χ0) is 38.1. The highest BCUT2D eigenvalue weighted by Crippen LogP contribution is 2.45. The minimum absolute atomic E-state index is 0.157. The van der Waals surface area contributed by atoms with Gasteiger partial charge in [-0.3, -0.25) is 27.9 Å². The summed E-state index contributed by atoms with van der Waals surface area (Å²) in [4.78, 5) is 99.5. The van der Waals surface area contributed by atoms with Crippen LogP contribution in [0.3, 0.4) is 0 Å². The molecule has 18 heteroatoms. The van der Waals surface area contributed by atoms with Gasteiger partial charge in [-0.25, -0.2) is 28.8 Å². The molecule has 0 radical (unpaired) electrons. The van der Waals surface area contributed by atoms with Gasteiger partial charge in [0.25, 0.3) is 22.7 Å². The summed E-state index contributed by atoms with van der Waals surface area (Å²) in [7, 11) is 5.09. The van der Waals surface area contributed by atoms with E-state index in [0.29, 0.717) is 0 Å². The summed E-state index contributed by atoms with van der Waals surface area (Å²) in [5.41, 5.74) is -4.06. The maximum atomic E-state index is 12.8. The fourth-order valence-corrected chi connectivity index (χ4v) is 5.54. The Morgan fingerprint density at radius 3 is 1.10 bits per heavy atom. The monoisotopic (exact) mass is 720 g/mol. The fraction of sp³-hybridized carbons (Fsp3) is 0.294. The van der Waals surface area contributed by atoms with E-state index in [1.54, 1.807) is 0 Å². The average Bonchev–Trinajstić information content (AvgIpc) is 3.10. The standard InChI is InChI=1S/C34H32N4O14/c1-35-23(39)19(24(40)36(2)31(35)47)11-7-5-9-13-21-27(43)49-33(50-28(21)44)15-17-34(18-16-33)51-29(45)22(30(46)52-34)14-10-6-8-12-20-25(41)37(3)32(48)38(4)26(20)42/h5-14,39,41H,15-18H2,1-4H3/b9-5+,10-6?,11-7+,12-8?,21-13?,22-14?. The second-order valence-corrected chi connectivity index (χ2v) is 11.9. The lowest BCUT2D eigenvalue weighted by molar-refractivity contribution is -0.291. The molecule has 18 nitrogen and oxygen atoms in total. The van der Waals surface area contributed by atoms with Gasteiger partial charge in [-0.15, -0.1) is 0 Å². The Morgan fingerprint density at radius 2 is 0.788 bits per heavy atom. The van der Waals surface area contributed by atoms with Gasteiger partial charge in [0.1, 0.15) is 22.3 Å². The quantitative estimate of drug-likeness (QED) is 0.170. The minimum atomic E-state index is -1.69. The molecular weight excluding hydrogens is 688 g/mol. The molecular formula is C34H32N4O14. The Bertz CT molecular complexity index is 2130. The molecule has 52 heavy (non-hydrogen) atoms. The molecule has 1 aliphatic carbocycles. The van der Waals surface area contributed by atoms with Crippen LogP contribution in [0.5, 0.6) is 11.8 Å². The summed E-state index contributed by atoms with van der Waals surface area (Å²) in [6, 6.07) is 0. The van der Waals surface area contributed by atoms with Crippen molar-refractivity contribution in [2.24, 2.45) is 28.2 Å². The number of rotatable bonds is 6. The molecule has 4 heterocycles. The SMILES string of the molecule is Cn1c(O)c(C=CC=CC=C2C(=O)OC3(CCC4(CC3)OC(=O)C(=C/C=C/C=C/c3c(O)n(C)c(=O)n(C)c3=O)C(=O)O4)OC2=O)c(=O)n(C)c1=O. The smallest absolute Gasteiger partial charge is 0.348 e. The zero-order valence-corrected chi connectivity index (χ0v) is 28.2. The van der Waals surface area contributed by atoms with E-state index in [1.807, 2.05) is 0 Å². The number of carbonyl (C=O) groups is 4. The van der Waals surface area contributed by atoms with Crippen molar-refractivity contribution < 1.29 is 48.3 Å². The zero-order valence-electron chi connectivity index (χ0n) is 28.2. The van der Waals surface area contributed by atoms with Crippen LogP contribution in [-0.2, 0) is 66.3 Å². The first-order valence-electron chi connectivity index (χ1n) is 15.5. The van der Waals surface area contributed by atoms with Crippen LogP contribution in [0.25, 0.3) is 12.2 Å². The molecule has 272 valence electrons. The lowest BCUT2D eigenvalue weighted by Gasteiger charge is -2.45. The molecule has 0 atom stereocenters. The first kappa shape index (κ1) is 36.6. The van der Waals surface area contributed by atoms with Gasteiger partial charge >= 0.3 is 35.3 Å². The van der Waals surface area contributed by atoms with Gasteiger partial charge in [0, 0.05) is 53.9 Å².